The van der Waals surface area contributed by atoms with Crippen LogP contribution in [0.1, 0.15) is 30.5 Å². The summed E-state index contributed by atoms with van der Waals surface area (Å²) in [6.07, 6.45) is 4.64. The lowest BCUT2D eigenvalue weighted by molar-refractivity contribution is -0.110. The molecule has 1 saturated carbocycles. The molecule has 184 valence electrons. The number of aromatic nitrogens is 2. The number of amides is 1. The summed E-state index contributed by atoms with van der Waals surface area (Å²) >= 11 is 0. The highest BCUT2D eigenvalue weighted by Crippen LogP contribution is 2.33. The molecule has 1 amide bonds. The van der Waals surface area contributed by atoms with Gasteiger partial charge in [0.15, 0.2) is 27.5 Å². The van der Waals surface area contributed by atoms with Crippen LogP contribution >= 0.6 is 0 Å². The fourth-order valence-corrected chi connectivity index (χ4v) is 4.90. The molecule has 0 unspecified atom stereocenters. The van der Waals surface area contributed by atoms with Crippen LogP contribution in [0, 0.1) is 11.8 Å². The molecule has 0 spiro atoms. The molecule has 1 saturated heterocycles. The average Bonchev–Trinajstić information content (AvgIpc) is 3.58. The molecular formula is C24H27N5O5S. The molecule has 1 N–H and O–H groups in total. The number of rotatable bonds is 8. The Labute approximate surface area is 204 Å². The van der Waals surface area contributed by atoms with Gasteiger partial charge in [0.25, 0.3) is 5.91 Å². The lowest BCUT2D eigenvalue weighted by Gasteiger charge is -2.11. The van der Waals surface area contributed by atoms with Crippen LogP contribution in [0.2, 0.25) is 0 Å². The molecule has 1 atom stereocenters. The molecule has 1 aromatic carbocycles. The van der Waals surface area contributed by atoms with E-state index in [4.69, 9.17) is 9.57 Å². The van der Waals surface area contributed by atoms with Crippen molar-refractivity contribution in [2.24, 2.45) is 5.16 Å². The first-order chi connectivity index (χ1) is 16.8. The maximum atomic E-state index is 13.1. The summed E-state index contributed by atoms with van der Waals surface area (Å²) in [6.45, 7) is 1.54. The Bertz CT molecular complexity index is 1240. The summed E-state index contributed by atoms with van der Waals surface area (Å²) in [4.78, 5) is 29.2. The second-order valence-corrected chi connectivity index (χ2v) is 10.8. The molecule has 1 aromatic heterocycles. The van der Waals surface area contributed by atoms with Crippen molar-refractivity contribution in [1.82, 2.24) is 14.9 Å². The number of sulfone groups is 1. The van der Waals surface area contributed by atoms with E-state index >= 15 is 0 Å². The molecule has 10 nitrogen and oxygen atoms in total. The number of oxime groups is 1. The lowest BCUT2D eigenvalue weighted by atomic mass is 10.1. The van der Waals surface area contributed by atoms with Crippen LogP contribution in [-0.2, 0) is 24.2 Å². The predicted octanol–water partition coefficient (Wildman–Crippen LogP) is 1.47. The number of nitrogens with one attached hydrogen (secondary N) is 1. The SMILES string of the molecule is CN(C)CC#Cc1cnc(NC(=O)/C(=N/O[C@@H]2CCOC2)c2ccc(S(=O)(=O)C3CC3)cc2)cn1. The largest absolute Gasteiger partial charge is 0.389 e. The van der Waals surface area contributed by atoms with Gasteiger partial charge in [-0.15, -0.1) is 0 Å². The van der Waals surface area contributed by atoms with Crippen LogP contribution < -0.4 is 5.32 Å². The van der Waals surface area contributed by atoms with Crippen molar-refractivity contribution in [3.05, 3.63) is 47.9 Å². The Morgan fingerprint density at radius 2 is 1.97 bits per heavy atom. The number of hydrogen-bond donors (Lipinski definition) is 1. The van der Waals surface area contributed by atoms with Gasteiger partial charge < -0.3 is 14.9 Å². The van der Waals surface area contributed by atoms with E-state index in [1.54, 1.807) is 12.1 Å². The van der Waals surface area contributed by atoms with Crippen LogP contribution in [-0.4, -0.2) is 80.1 Å². The first-order valence-corrected chi connectivity index (χ1v) is 12.8. The van der Waals surface area contributed by atoms with Crippen molar-refractivity contribution < 1.29 is 22.8 Å². The van der Waals surface area contributed by atoms with Gasteiger partial charge in [0, 0.05) is 12.0 Å². The molecular weight excluding hydrogens is 470 g/mol. The van der Waals surface area contributed by atoms with E-state index in [0.717, 1.165) is 0 Å². The third-order valence-corrected chi connectivity index (χ3v) is 7.60. The van der Waals surface area contributed by atoms with Crippen molar-refractivity contribution in [1.29, 1.82) is 0 Å². The normalized spacial score (nSPS) is 18.1. The van der Waals surface area contributed by atoms with Crippen molar-refractivity contribution in [2.75, 3.05) is 39.2 Å². The van der Waals surface area contributed by atoms with Crippen molar-refractivity contribution in [2.45, 2.75) is 35.5 Å². The van der Waals surface area contributed by atoms with Gasteiger partial charge in [-0.2, -0.15) is 0 Å². The number of nitrogens with zero attached hydrogens (tertiary/aromatic N) is 4. The number of anilines is 1. The fraction of sp³-hybridized carbons (Fsp3) is 0.417. The van der Waals surface area contributed by atoms with Gasteiger partial charge >= 0.3 is 0 Å². The summed E-state index contributed by atoms with van der Waals surface area (Å²) in [5.41, 5.74) is 0.884. The summed E-state index contributed by atoms with van der Waals surface area (Å²) in [5, 5.41) is 6.43. The topological polar surface area (TPSA) is 123 Å². The van der Waals surface area contributed by atoms with Gasteiger partial charge in [-0.25, -0.2) is 18.4 Å². The molecule has 0 radical (unpaired) electrons. The molecule has 4 rings (SSSR count). The van der Waals surface area contributed by atoms with Crippen molar-refractivity contribution in [3.63, 3.8) is 0 Å². The van der Waals surface area contributed by atoms with Gasteiger partial charge in [-0.1, -0.05) is 23.2 Å². The summed E-state index contributed by atoms with van der Waals surface area (Å²) in [5.74, 6) is 5.52. The maximum Gasteiger partial charge on any atom is 0.279 e. The molecule has 2 aliphatic rings. The first-order valence-electron chi connectivity index (χ1n) is 11.3. The zero-order valence-corrected chi connectivity index (χ0v) is 20.4. The zero-order chi connectivity index (χ0) is 24.8. The first kappa shape index (κ1) is 24.8. The molecule has 1 aliphatic heterocycles. The Morgan fingerprint density at radius 1 is 1.20 bits per heavy atom. The van der Waals surface area contributed by atoms with E-state index in [-0.39, 0.29) is 27.8 Å². The minimum Gasteiger partial charge on any atom is -0.389 e. The Balaban J connectivity index is 1.51. The van der Waals surface area contributed by atoms with E-state index in [1.807, 2.05) is 19.0 Å². The van der Waals surface area contributed by atoms with E-state index < -0.39 is 15.7 Å². The van der Waals surface area contributed by atoms with Crippen molar-refractivity contribution >= 4 is 27.3 Å². The quantitative estimate of drug-likeness (QED) is 0.331. The second kappa shape index (κ2) is 10.9. The maximum absolute atomic E-state index is 13.1. The Morgan fingerprint density at radius 3 is 2.57 bits per heavy atom. The van der Waals surface area contributed by atoms with Gasteiger partial charge in [0.1, 0.15) is 5.69 Å². The predicted molar refractivity (Wildman–Crippen MR) is 130 cm³/mol. The fourth-order valence-electron chi connectivity index (χ4n) is 3.24. The number of carbonyl (C=O) groups is 1. The molecule has 11 heteroatoms. The van der Waals surface area contributed by atoms with Gasteiger partial charge in [0.05, 0.1) is 42.3 Å². The number of carbonyl (C=O) groups excluding carboxylic acids is 1. The van der Waals surface area contributed by atoms with Crippen LogP contribution in [0.4, 0.5) is 5.82 Å². The molecule has 1 aliphatic carbocycles. The second-order valence-electron chi connectivity index (χ2n) is 8.58. The highest BCUT2D eigenvalue weighted by molar-refractivity contribution is 7.92. The molecule has 2 aromatic rings. The van der Waals surface area contributed by atoms with E-state index in [2.05, 4.69) is 32.3 Å². The zero-order valence-electron chi connectivity index (χ0n) is 19.6. The third-order valence-electron chi connectivity index (χ3n) is 5.32. The summed E-state index contributed by atoms with van der Waals surface area (Å²) < 4.78 is 30.3. The summed E-state index contributed by atoms with van der Waals surface area (Å²) in [7, 11) is 0.497. The highest BCUT2D eigenvalue weighted by atomic mass is 32.2. The lowest BCUT2D eigenvalue weighted by Crippen LogP contribution is -2.26. The number of benzene rings is 1. The van der Waals surface area contributed by atoms with Crippen LogP contribution in [0.15, 0.2) is 46.7 Å². The number of hydrogen-bond acceptors (Lipinski definition) is 9. The highest BCUT2D eigenvalue weighted by Gasteiger charge is 2.36. The monoisotopic (exact) mass is 497 g/mol. The van der Waals surface area contributed by atoms with Gasteiger partial charge in [-0.3, -0.25) is 9.69 Å². The van der Waals surface area contributed by atoms with Crippen LogP contribution in [0.5, 0.6) is 0 Å². The standard InChI is InChI=1S/C24H27N5O5S/c1-29(2)12-3-4-18-14-26-22(15-25-18)27-24(30)23(28-34-19-11-13-33-16-19)17-5-7-20(8-6-17)35(31,32)21-9-10-21/h5-8,14-15,19,21H,9-13,16H2,1-2H3,(H,26,27,30)/b28-23+/t19-/m1/s1. The average molecular weight is 498 g/mol. The molecule has 0 bridgehead atoms. The molecule has 2 fully saturated rings. The van der Waals surface area contributed by atoms with Crippen LogP contribution in [0.25, 0.3) is 0 Å². The number of ether oxygens (including phenoxy) is 1. The third kappa shape index (κ3) is 6.63. The molecule has 2 heterocycles. The smallest absolute Gasteiger partial charge is 0.279 e. The van der Waals surface area contributed by atoms with E-state index in [1.165, 1.54) is 24.5 Å². The van der Waals surface area contributed by atoms with Crippen LogP contribution in [0.3, 0.4) is 0 Å². The van der Waals surface area contributed by atoms with E-state index in [9.17, 15) is 13.2 Å². The summed E-state index contributed by atoms with van der Waals surface area (Å²) in [6, 6.07) is 6.09. The van der Waals surface area contributed by atoms with Gasteiger partial charge in [-0.05, 0) is 45.0 Å². The Kier molecular flexibility index (Phi) is 7.75. The van der Waals surface area contributed by atoms with Crippen molar-refractivity contribution in [3.8, 4) is 11.8 Å². The minimum atomic E-state index is -3.34. The Hall–Kier alpha value is -3.33. The van der Waals surface area contributed by atoms with Gasteiger partial charge in [0.2, 0.25) is 0 Å². The van der Waals surface area contributed by atoms with E-state index in [0.29, 0.717) is 50.3 Å². The minimum absolute atomic E-state index is 0.0103. The molecule has 35 heavy (non-hydrogen) atoms.